The quantitative estimate of drug-likeness (QED) is 0.699. The van der Waals surface area contributed by atoms with Crippen LogP contribution in [0.4, 0.5) is 0 Å². The SMILES string of the molecule is CCCCC(CC)C(=O)NC1(CN)CCC1. The van der Waals surface area contributed by atoms with E-state index in [2.05, 4.69) is 19.2 Å². The van der Waals surface area contributed by atoms with E-state index in [0.717, 1.165) is 38.5 Å². The van der Waals surface area contributed by atoms with Crippen LogP contribution >= 0.6 is 0 Å². The molecule has 16 heavy (non-hydrogen) atoms. The molecule has 0 bridgehead atoms. The van der Waals surface area contributed by atoms with Gasteiger partial charge in [0.1, 0.15) is 0 Å². The smallest absolute Gasteiger partial charge is 0.223 e. The van der Waals surface area contributed by atoms with Crippen LogP contribution < -0.4 is 11.1 Å². The minimum Gasteiger partial charge on any atom is -0.349 e. The fourth-order valence-electron chi connectivity index (χ4n) is 2.32. The molecule has 0 heterocycles. The lowest BCUT2D eigenvalue weighted by Gasteiger charge is -2.42. The van der Waals surface area contributed by atoms with E-state index in [4.69, 9.17) is 5.73 Å². The normalized spacial score (nSPS) is 19.9. The average Bonchev–Trinajstić information content (AvgIpc) is 2.24. The summed E-state index contributed by atoms with van der Waals surface area (Å²) in [5.74, 6) is 0.407. The van der Waals surface area contributed by atoms with E-state index in [0.29, 0.717) is 6.54 Å². The van der Waals surface area contributed by atoms with Crippen LogP contribution in [0.3, 0.4) is 0 Å². The third-order valence-corrected chi connectivity index (χ3v) is 3.86. The number of hydrogen-bond donors (Lipinski definition) is 2. The number of hydrogen-bond acceptors (Lipinski definition) is 2. The number of carbonyl (C=O) groups excluding carboxylic acids is 1. The summed E-state index contributed by atoms with van der Waals surface area (Å²) in [7, 11) is 0. The van der Waals surface area contributed by atoms with Gasteiger partial charge in [-0.05, 0) is 32.1 Å². The standard InChI is InChI=1S/C13H26N2O/c1-3-5-7-11(4-2)12(16)15-13(10-14)8-6-9-13/h11H,3-10,14H2,1-2H3,(H,15,16). The molecule has 94 valence electrons. The lowest BCUT2D eigenvalue weighted by atomic mass is 9.76. The van der Waals surface area contributed by atoms with E-state index in [1.54, 1.807) is 0 Å². The van der Waals surface area contributed by atoms with Gasteiger partial charge >= 0.3 is 0 Å². The molecule has 1 fully saturated rings. The Hall–Kier alpha value is -0.570. The van der Waals surface area contributed by atoms with Crippen molar-refractivity contribution in [1.82, 2.24) is 5.32 Å². The van der Waals surface area contributed by atoms with Gasteiger partial charge in [0.25, 0.3) is 0 Å². The summed E-state index contributed by atoms with van der Waals surface area (Å²) < 4.78 is 0. The Morgan fingerprint density at radius 2 is 2.12 bits per heavy atom. The van der Waals surface area contributed by atoms with Gasteiger partial charge in [-0.25, -0.2) is 0 Å². The topological polar surface area (TPSA) is 55.1 Å². The van der Waals surface area contributed by atoms with E-state index in [1.807, 2.05) is 0 Å². The summed E-state index contributed by atoms with van der Waals surface area (Å²) in [4.78, 5) is 12.1. The lowest BCUT2D eigenvalue weighted by molar-refractivity contribution is -0.128. The van der Waals surface area contributed by atoms with Gasteiger partial charge in [-0.15, -0.1) is 0 Å². The molecular weight excluding hydrogens is 200 g/mol. The molecule has 3 nitrogen and oxygen atoms in total. The van der Waals surface area contributed by atoms with Gasteiger partial charge in [0.05, 0.1) is 5.54 Å². The first-order chi connectivity index (χ1) is 7.67. The fraction of sp³-hybridized carbons (Fsp3) is 0.923. The zero-order valence-corrected chi connectivity index (χ0v) is 10.7. The van der Waals surface area contributed by atoms with E-state index in [1.165, 1.54) is 6.42 Å². The fourth-order valence-corrected chi connectivity index (χ4v) is 2.32. The van der Waals surface area contributed by atoms with Crippen LogP contribution in [0.2, 0.25) is 0 Å². The molecule has 1 aliphatic carbocycles. The molecule has 1 amide bonds. The van der Waals surface area contributed by atoms with Crippen molar-refractivity contribution in [2.24, 2.45) is 11.7 Å². The van der Waals surface area contributed by atoms with Gasteiger partial charge in [0.2, 0.25) is 5.91 Å². The number of carbonyl (C=O) groups is 1. The largest absolute Gasteiger partial charge is 0.349 e. The monoisotopic (exact) mass is 226 g/mol. The molecule has 0 radical (unpaired) electrons. The first kappa shape index (κ1) is 13.5. The highest BCUT2D eigenvalue weighted by Crippen LogP contribution is 2.31. The van der Waals surface area contributed by atoms with Crippen molar-refractivity contribution in [2.75, 3.05) is 6.54 Å². The van der Waals surface area contributed by atoms with Gasteiger partial charge in [-0.3, -0.25) is 4.79 Å². The zero-order valence-electron chi connectivity index (χ0n) is 10.7. The van der Waals surface area contributed by atoms with Crippen LogP contribution in [-0.2, 0) is 4.79 Å². The van der Waals surface area contributed by atoms with Crippen LogP contribution in [0.15, 0.2) is 0 Å². The molecule has 1 atom stereocenters. The van der Waals surface area contributed by atoms with Gasteiger partial charge < -0.3 is 11.1 Å². The molecule has 0 aliphatic heterocycles. The number of rotatable bonds is 7. The third-order valence-electron chi connectivity index (χ3n) is 3.86. The number of nitrogens with one attached hydrogen (secondary N) is 1. The molecule has 0 aromatic rings. The molecule has 1 aliphatic rings. The second kappa shape index (κ2) is 6.24. The highest BCUT2D eigenvalue weighted by Gasteiger charge is 2.37. The van der Waals surface area contributed by atoms with Crippen molar-refractivity contribution in [1.29, 1.82) is 0 Å². The Kier molecular flexibility index (Phi) is 5.26. The van der Waals surface area contributed by atoms with E-state index in [-0.39, 0.29) is 17.4 Å². The van der Waals surface area contributed by atoms with Crippen LogP contribution in [0.1, 0.15) is 58.8 Å². The van der Waals surface area contributed by atoms with Crippen LogP contribution in [-0.4, -0.2) is 18.0 Å². The minimum absolute atomic E-state index is 0.0588. The van der Waals surface area contributed by atoms with Crippen LogP contribution in [0, 0.1) is 5.92 Å². The van der Waals surface area contributed by atoms with Crippen molar-refractivity contribution < 1.29 is 4.79 Å². The van der Waals surface area contributed by atoms with Crippen LogP contribution in [0.5, 0.6) is 0 Å². The number of unbranched alkanes of at least 4 members (excludes halogenated alkanes) is 1. The van der Waals surface area contributed by atoms with Crippen molar-refractivity contribution in [3.8, 4) is 0 Å². The maximum atomic E-state index is 12.1. The summed E-state index contributed by atoms with van der Waals surface area (Å²) in [6.07, 6.45) is 7.56. The first-order valence-electron chi connectivity index (χ1n) is 6.69. The Morgan fingerprint density at radius 1 is 1.44 bits per heavy atom. The summed E-state index contributed by atoms with van der Waals surface area (Å²) in [6, 6.07) is 0. The molecule has 1 unspecified atom stereocenters. The van der Waals surface area contributed by atoms with Gasteiger partial charge in [0.15, 0.2) is 0 Å². The average molecular weight is 226 g/mol. The molecule has 0 aromatic carbocycles. The van der Waals surface area contributed by atoms with E-state index < -0.39 is 0 Å². The molecule has 1 rings (SSSR count). The first-order valence-corrected chi connectivity index (χ1v) is 6.69. The highest BCUT2D eigenvalue weighted by atomic mass is 16.2. The van der Waals surface area contributed by atoms with Gasteiger partial charge in [0, 0.05) is 12.5 Å². The van der Waals surface area contributed by atoms with E-state index >= 15 is 0 Å². The third kappa shape index (κ3) is 3.21. The molecule has 3 N–H and O–H groups in total. The second-order valence-corrected chi connectivity index (χ2v) is 5.07. The Morgan fingerprint density at radius 3 is 2.50 bits per heavy atom. The predicted octanol–water partition coefficient (Wildman–Crippen LogP) is 2.20. The van der Waals surface area contributed by atoms with Crippen LogP contribution in [0.25, 0.3) is 0 Å². The second-order valence-electron chi connectivity index (χ2n) is 5.07. The molecule has 3 heteroatoms. The lowest BCUT2D eigenvalue weighted by Crippen LogP contribution is -2.59. The molecule has 0 spiro atoms. The van der Waals surface area contributed by atoms with Gasteiger partial charge in [-0.1, -0.05) is 26.7 Å². The Balaban J connectivity index is 2.42. The van der Waals surface area contributed by atoms with Crippen molar-refractivity contribution in [3.63, 3.8) is 0 Å². The Bertz CT molecular complexity index is 218. The summed E-state index contributed by atoms with van der Waals surface area (Å²) in [5, 5.41) is 3.18. The van der Waals surface area contributed by atoms with Crippen molar-refractivity contribution >= 4 is 5.91 Å². The highest BCUT2D eigenvalue weighted by molar-refractivity contribution is 5.79. The molecular formula is C13H26N2O. The summed E-state index contributed by atoms with van der Waals surface area (Å²) in [6.45, 7) is 4.84. The van der Waals surface area contributed by atoms with Crippen molar-refractivity contribution in [3.05, 3.63) is 0 Å². The summed E-state index contributed by atoms with van der Waals surface area (Å²) >= 11 is 0. The molecule has 1 saturated carbocycles. The molecule has 0 aromatic heterocycles. The van der Waals surface area contributed by atoms with Crippen molar-refractivity contribution in [2.45, 2.75) is 64.3 Å². The Labute approximate surface area is 99.2 Å². The maximum absolute atomic E-state index is 12.1. The molecule has 0 saturated heterocycles. The summed E-state index contributed by atoms with van der Waals surface area (Å²) in [5.41, 5.74) is 5.69. The number of nitrogens with two attached hydrogens (primary N) is 1. The van der Waals surface area contributed by atoms with Gasteiger partial charge in [-0.2, -0.15) is 0 Å². The number of amides is 1. The predicted molar refractivity (Wildman–Crippen MR) is 67.1 cm³/mol. The van der Waals surface area contributed by atoms with E-state index in [9.17, 15) is 4.79 Å². The minimum atomic E-state index is -0.0588. The maximum Gasteiger partial charge on any atom is 0.223 e. The zero-order chi connectivity index (χ0) is 12.0.